The van der Waals surface area contributed by atoms with Crippen LogP contribution in [0.15, 0.2) is 59.3 Å². The largest absolute Gasteiger partial charge is 0.383 e. The molecule has 9 heteroatoms. The molecule has 0 saturated carbocycles. The van der Waals surface area contributed by atoms with Crippen molar-refractivity contribution < 1.29 is 15.3 Å². The Morgan fingerprint density at radius 3 is 2.37 bits per heavy atom. The van der Waals surface area contributed by atoms with E-state index in [9.17, 15) is 15.3 Å². The summed E-state index contributed by atoms with van der Waals surface area (Å²) in [5.74, 6) is -2.05. The molecule has 3 heterocycles. The van der Waals surface area contributed by atoms with Gasteiger partial charge in [0.1, 0.15) is 15.9 Å². The van der Waals surface area contributed by atoms with Crippen LogP contribution in [0.3, 0.4) is 0 Å². The van der Waals surface area contributed by atoms with E-state index in [1.807, 2.05) is 12.1 Å². The summed E-state index contributed by atoms with van der Waals surface area (Å²) in [4.78, 5) is 13.3. The van der Waals surface area contributed by atoms with Gasteiger partial charge in [0, 0.05) is 17.4 Å². The van der Waals surface area contributed by atoms with Crippen molar-refractivity contribution in [3.63, 3.8) is 0 Å². The Kier molecular flexibility index (Phi) is 4.16. The number of imidazole rings is 1. The first-order chi connectivity index (χ1) is 12.8. The van der Waals surface area contributed by atoms with E-state index in [4.69, 9.17) is 5.73 Å². The molecule has 0 aliphatic heterocycles. The average molecular weight is 428 g/mol. The first-order valence-electron chi connectivity index (χ1n) is 7.88. The fourth-order valence-corrected chi connectivity index (χ4v) is 3.10. The van der Waals surface area contributed by atoms with Crippen LogP contribution in [0.4, 0.5) is 5.82 Å². The van der Waals surface area contributed by atoms with Crippen molar-refractivity contribution in [3.05, 3.63) is 64.9 Å². The molecule has 4 rings (SSSR count). The fraction of sp³-hybridized carbons (Fsp3) is 0.0556. The number of halogens is 1. The molecule has 0 spiro atoms. The first-order valence-corrected chi connectivity index (χ1v) is 8.68. The van der Waals surface area contributed by atoms with Crippen LogP contribution >= 0.6 is 15.9 Å². The summed E-state index contributed by atoms with van der Waals surface area (Å²) in [6, 6.07) is 13.2. The summed E-state index contributed by atoms with van der Waals surface area (Å²) >= 11 is 3.37. The zero-order valence-corrected chi connectivity index (χ0v) is 15.4. The number of aromatic nitrogens is 4. The van der Waals surface area contributed by atoms with E-state index in [1.165, 1.54) is 12.1 Å². The maximum absolute atomic E-state index is 9.34. The topological polar surface area (TPSA) is 130 Å². The molecule has 3 aromatic heterocycles. The lowest BCUT2D eigenvalue weighted by molar-refractivity contribution is -0.323. The second-order valence-corrected chi connectivity index (χ2v) is 6.68. The number of aliphatic hydroxyl groups is 3. The Balaban J connectivity index is 1.99. The van der Waals surface area contributed by atoms with E-state index in [1.54, 1.807) is 35.0 Å². The number of hydrogen-bond donors (Lipinski definition) is 4. The van der Waals surface area contributed by atoms with E-state index in [0.29, 0.717) is 38.7 Å². The Hall–Kier alpha value is -2.85. The van der Waals surface area contributed by atoms with Crippen LogP contribution in [0.1, 0.15) is 5.56 Å². The summed E-state index contributed by atoms with van der Waals surface area (Å²) in [5.41, 5.74) is 8.50. The molecule has 0 aliphatic carbocycles. The quantitative estimate of drug-likeness (QED) is 0.290. The number of benzene rings is 1. The molecular weight excluding hydrogens is 414 g/mol. The van der Waals surface area contributed by atoms with Gasteiger partial charge >= 0.3 is 5.97 Å². The summed E-state index contributed by atoms with van der Waals surface area (Å²) in [5, 5.41) is 28.0. The number of nitrogens with two attached hydrogens (primary N) is 1. The summed E-state index contributed by atoms with van der Waals surface area (Å²) in [7, 11) is 0. The summed E-state index contributed by atoms with van der Waals surface area (Å²) < 4.78 is 2.42. The van der Waals surface area contributed by atoms with E-state index in [2.05, 4.69) is 30.9 Å². The molecule has 0 saturated heterocycles. The molecule has 0 amide bonds. The molecular formula is C18H14BrN5O3. The lowest BCUT2D eigenvalue weighted by Gasteiger charge is -2.15. The monoisotopic (exact) mass is 427 g/mol. The molecule has 0 fully saturated rings. The number of nitrogens with zero attached hydrogens (tertiary/aromatic N) is 4. The smallest absolute Gasteiger partial charge is 0.304 e. The predicted molar refractivity (Wildman–Crippen MR) is 103 cm³/mol. The lowest BCUT2D eigenvalue weighted by atomic mass is 10.1. The molecule has 1 aromatic carbocycles. The van der Waals surface area contributed by atoms with Crippen LogP contribution in [0.5, 0.6) is 0 Å². The zero-order valence-electron chi connectivity index (χ0n) is 13.8. The second kappa shape index (κ2) is 6.39. The van der Waals surface area contributed by atoms with E-state index in [-0.39, 0.29) is 5.56 Å². The Labute approximate surface area is 161 Å². The third-order valence-corrected chi connectivity index (χ3v) is 4.50. The van der Waals surface area contributed by atoms with Crippen LogP contribution < -0.4 is 5.73 Å². The SMILES string of the molecule is Nc1ncccc1-c1nc2ccc(Br)nc2n1-c1ccc(C(O)(O)O)cc1. The van der Waals surface area contributed by atoms with Crippen LogP contribution in [-0.2, 0) is 5.97 Å². The van der Waals surface area contributed by atoms with E-state index in [0.717, 1.165) is 0 Å². The molecule has 8 nitrogen and oxygen atoms in total. The highest BCUT2D eigenvalue weighted by atomic mass is 79.9. The van der Waals surface area contributed by atoms with Gasteiger partial charge in [-0.1, -0.05) is 0 Å². The highest BCUT2D eigenvalue weighted by Gasteiger charge is 2.22. The molecule has 0 unspecified atom stereocenters. The van der Waals surface area contributed by atoms with Gasteiger partial charge in [0.2, 0.25) is 0 Å². The molecule has 27 heavy (non-hydrogen) atoms. The number of nitrogen functional groups attached to an aromatic ring is 1. The standard InChI is InChI=1S/C18H14BrN5O3/c19-14-8-7-13-17(23-14)24(11-5-3-10(4-6-11)18(25,26)27)16(22-13)12-2-1-9-21-15(12)20/h1-9,25-27H,(H2,20,21). The van der Waals surface area contributed by atoms with Gasteiger partial charge in [0.05, 0.1) is 5.56 Å². The van der Waals surface area contributed by atoms with Crippen molar-refractivity contribution in [1.29, 1.82) is 0 Å². The third-order valence-electron chi connectivity index (χ3n) is 4.06. The van der Waals surface area contributed by atoms with Crippen LogP contribution in [0, 0.1) is 0 Å². The van der Waals surface area contributed by atoms with Crippen molar-refractivity contribution >= 4 is 32.9 Å². The molecule has 0 aliphatic rings. The van der Waals surface area contributed by atoms with Crippen LogP contribution in [0.25, 0.3) is 28.2 Å². The van der Waals surface area contributed by atoms with Gasteiger partial charge in [-0.15, -0.1) is 0 Å². The number of pyridine rings is 2. The summed E-state index contributed by atoms with van der Waals surface area (Å²) in [6.45, 7) is 0. The van der Waals surface area contributed by atoms with Gasteiger partial charge in [0.15, 0.2) is 11.5 Å². The second-order valence-electron chi connectivity index (χ2n) is 5.87. The first kappa shape index (κ1) is 17.6. The maximum atomic E-state index is 9.34. The number of anilines is 1. The average Bonchev–Trinajstić information content (AvgIpc) is 2.99. The number of hydrogen-bond acceptors (Lipinski definition) is 7. The maximum Gasteiger partial charge on any atom is 0.304 e. The Bertz CT molecular complexity index is 1140. The lowest BCUT2D eigenvalue weighted by Crippen LogP contribution is -2.23. The van der Waals surface area contributed by atoms with Gasteiger partial charge in [-0.2, -0.15) is 0 Å². The van der Waals surface area contributed by atoms with Crippen molar-refractivity contribution in [2.75, 3.05) is 5.73 Å². The van der Waals surface area contributed by atoms with Gasteiger partial charge < -0.3 is 21.1 Å². The van der Waals surface area contributed by atoms with Crippen LogP contribution in [-0.4, -0.2) is 34.8 Å². The van der Waals surface area contributed by atoms with Gasteiger partial charge in [-0.25, -0.2) is 15.0 Å². The normalized spacial score (nSPS) is 11.9. The van der Waals surface area contributed by atoms with Gasteiger partial charge in [-0.05, 0) is 64.5 Å². The number of fused-ring (bicyclic) bond motifs is 1. The third kappa shape index (κ3) is 3.17. The van der Waals surface area contributed by atoms with Crippen molar-refractivity contribution in [2.45, 2.75) is 5.97 Å². The minimum atomic E-state index is -2.91. The molecule has 0 atom stereocenters. The summed E-state index contributed by atoms with van der Waals surface area (Å²) in [6.07, 6.45) is 1.60. The molecule has 5 N–H and O–H groups in total. The molecule has 0 radical (unpaired) electrons. The highest BCUT2D eigenvalue weighted by Crippen LogP contribution is 2.31. The Morgan fingerprint density at radius 2 is 1.70 bits per heavy atom. The Morgan fingerprint density at radius 1 is 0.963 bits per heavy atom. The fourth-order valence-electron chi connectivity index (χ4n) is 2.80. The minimum absolute atomic E-state index is 0.0627. The highest BCUT2D eigenvalue weighted by molar-refractivity contribution is 9.10. The molecule has 0 bridgehead atoms. The number of rotatable bonds is 3. The van der Waals surface area contributed by atoms with Crippen LogP contribution in [0.2, 0.25) is 0 Å². The van der Waals surface area contributed by atoms with E-state index >= 15 is 0 Å². The van der Waals surface area contributed by atoms with E-state index < -0.39 is 5.97 Å². The minimum Gasteiger partial charge on any atom is -0.383 e. The van der Waals surface area contributed by atoms with Crippen molar-refractivity contribution in [2.24, 2.45) is 0 Å². The van der Waals surface area contributed by atoms with Gasteiger partial charge in [0.25, 0.3) is 0 Å². The predicted octanol–water partition coefficient (Wildman–Crippen LogP) is 1.91. The van der Waals surface area contributed by atoms with Gasteiger partial charge in [-0.3, -0.25) is 4.57 Å². The zero-order chi connectivity index (χ0) is 19.2. The van der Waals surface area contributed by atoms with Crippen molar-refractivity contribution in [3.8, 4) is 17.1 Å². The molecule has 136 valence electrons. The molecule has 4 aromatic rings. The van der Waals surface area contributed by atoms with Crippen molar-refractivity contribution in [1.82, 2.24) is 19.5 Å².